The van der Waals surface area contributed by atoms with Crippen LogP contribution in [0.15, 0.2) is 12.7 Å². The molecule has 0 aromatic carbocycles. The van der Waals surface area contributed by atoms with E-state index in [0.717, 1.165) is 0 Å². The second kappa shape index (κ2) is 5.09. The molecule has 0 aliphatic heterocycles. The van der Waals surface area contributed by atoms with Crippen molar-refractivity contribution in [2.24, 2.45) is 0 Å². The van der Waals surface area contributed by atoms with Crippen molar-refractivity contribution in [1.82, 2.24) is 4.72 Å². The molecule has 0 unspecified atom stereocenters. The van der Waals surface area contributed by atoms with Crippen LogP contribution in [0, 0.1) is 0 Å². The van der Waals surface area contributed by atoms with Crippen LogP contribution in [0.3, 0.4) is 0 Å². The molecule has 0 bridgehead atoms. The zero-order valence-electron chi connectivity index (χ0n) is 9.12. The molecule has 0 heterocycles. The molecule has 0 saturated heterocycles. The van der Waals surface area contributed by atoms with E-state index in [1.165, 1.54) is 0 Å². The fourth-order valence-electron chi connectivity index (χ4n) is 0.789. The Bertz CT molecular complexity index is 467. The molecule has 0 radical (unpaired) electrons. The minimum absolute atomic E-state index is 0.577. The number of alkyl halides is 9. The Balaban J connectivity index is 5.87. The Morgan fingerprint density at radius 2 is 1.30 bits per heavy atom. The molecule has 0 rings (SSSR count). The van der Waals surface area contributed by atoms with Crippen molar-refractivity contribution in [2.45, 2.75) is 23.3 Å². The van der Waals surface area contributed by atoms with Crippen LogP contribution in [0.5, 0.6) is 0 Å². The number of halogens is 9. The molecule has 0 fully saturated rings. The van der Waals surface area contributed by atoms with E-state index in [0.29, 0.717) is 10.8 Å². The molecule has 0 amide bonds. The van der Waals surface area contributed by atoms with E-state index in [1.807, 2.05) is 0 Å². The summed E-state index contributed by atoms with van der Waals surface area (Å²) in [5, 5.41) is -6.71. The first-order valence-corrected chi connectivity index (χ1v) is 5.85. The zero-order chi connectivity index (χ0) is 16.6. The highest BCUT2D eigenvalue weighted by molar-refractivity contribution is 7.90. The van der Waals surface area contributed by atoms with Crippen molar-refractivity contribution in [1.29, 1.82) is 0 Å². The fraction of sp³-hybridized carbons (Fsp3) is 0.714. The van der Waals surface area contributed by atoms with Gasteiger partial charge in [0, 0.05) is 6.54 Å². The average Bonchev–Trinajstić information content (AvgIpc) is 2.24. The lowest BCUT2D eigenvalue weighted by Gasteiger charge is -2.32. The van der Waals surface area contributed by atoms with Crippen LogP contribution in [-0.4, -0.2) is 38.2 Å². The predicted octanol–water partition coefficient (Wildman–Crippen LogP) is 2.52. The first-order chi connectivity index (χ1) is 8.56. The molecular formula is C7H6F9NO2S. The van der Waals surface area contributed by atoms with E-state index >= 15 is 0 Å². The van der Waals surface area contributed by atoms with Crippen molar-refractivity contribution < 1.29 is 47.9 Å². The van der Waals surface area contributed by atoms with Crippen molar-refractivity contribution in [3.63, 3.8) is 0 Å². The van der Waals surface area contributed by atoms with Gasteiger partial charge in [-0.1, -0.05) is 6.08 Å². The van der Waals surface area contributed by atoms with Gasteiger partial charge in [0.2, 0.25) is 0 Å². The second-order valence-corrected chi connectivity index (χ2v) is 5.11. The largest absolute Gasteiger partial charge is 0.460 e. The van der Waals surface area contributed by atoms with Gasteiger partial charge in [0.05, 0.1) is 0 Å². The van der Waals surface area contributed by atoms with Crippen molar-refractivity contribution in [3.05, 3.63) is 12.7 Å². The van der Waals surface area contributed by atoms with E-state index in [4.69, 9.17) is 0 Å². The summed E-state index contributed by atoms with van der Waals surface area (Å²) in [5.74, 6) is -14.5. The maximum absolute atomic E-state index is 12.9. The molecule has 0 atom stereocenters. The van der Waals surface area contributed by atoms with Gasteiger partial charge in [0.15, 0.2) is 0 Å². The quantitative estimate of drug-likeness (QED) is 0.597. The summed E-state index contributed by atoms with van der Waals surface area (Å²) >= 11 is 0. The van der Waals surface area contributed by atoms with Gasteiger partial charge in [-0.15, -0.1) is 6.58 Å². The van der Waals surface area contributed by atoms with Crippen LogP contribution in [0.1, 0.15) is 0 Å². The third-order valence-electron chi connectivity index (χ3n) is 1.87. The highest BCUT2D eigenvalue weighted by atomic mass is 32.2. The Labute approximate surface area is 106 Å². The Morgan fingerprint density at radius 1 is 0.900 bits per heavy atom. The van der Waals surface area contributed by atoms with Crippen LogP contribution in [0.4, 0.5) is 39.5 Å². The maximum Gasteiger partial charge on any atom is 0.460 e. The molecule has 3 nitrogen and oxygen atoms in total. The van der Waals surface area contributed by atoms with Gasteiger partial charge in [0.1, 0.15) is 0 Å². The van der Waals surface area contributed by atoms with Gasteiger partial charge in [-0.2, -0.15) is 39.5 Å². The second-order valence-electron chi connectivity index (χ2n) is 3.30. The van der Waals surface area contributed by atoms with Crippen LogP contribution >= 0.6 is 0 Å². The van der Waals surface area contributed by atoms with Crippen LogP contribution in [0.25, 0.3) is 0 Å². The third-order valence-corrected chi connectivity index (χ3v) is 3.35. The van der Waals surface area contributed by atoms with Crippen LogP contribution in [0.2, 0.25) is 0 Å². The number of hydrogen-bond acceptors (Lipinski definition) is 2. The molecule has 0 aliphatic carbocycles. The molecule has 120 valence electrons. The van der Waals surface area contributed by atoms with Crippen molar-refractivity contribution in [3.8, 4) is 0 Å². The van der Waals surface area contributed by atoms with E-state index in [1.54, 1.807) is 0 Å². The standard InChI is InChI=1S/C7H6F9NO2S/c1-2-3-17-20(18,19)7(15,16)5(10,11)4(8,9)6(12,13)14/h2,17H,1,3H2. The van der Waals surface area contributed by atoms with Gasteiger partial charge in [-0.25, -0.2) is 13.1 Å². The summed E-state index contributed by atoms with van der Waals surface area (Å²) < 4.78 is 133. The Kier molecular flexibility index (Phi) is 4.84. The van der Waals surface area contributed by atoms with Crippen molar-refractivity contribution >= 4 is 10.0 Å². The van der Waals surface area contributed by atoms with Gasteiger partial charge in [-0.3, -0.25) is 0 Å². The Hall–Kier alpha value is -0.980. The first kappa shape index (κ1) is 19.0. The summed E-state index contributed by atoms with van der Waals surface area (Å²) in [5.41, 5.74) is 0. The lowest BCUT2D eigenvalue weighted by molar-refractivity contribution is -0.382. The van der Waals surface area contributed by atoms with Crippen molar-refractivity contribution in [2.75, 3.05) is 6.54 Å². The SMILES string of the molecule is C=CCNS(=O)(=O)C(F)(F)C(F)(F)C(F)(F)C(F)(F)F. The summed E-state index contributed by atoms with van der Waals surface area (Å²) in [4.78, 5) is 0. The maximum atomic E-state index is 12.9. The fourth-order valence-corrected chi connectivity index (χ4v) is 1.77. The van der Waals surface area contributed by atoms with Gasteiger partial charge >= 0.3 is 23.3 Å². The van der Waals surface area contributed by atoms with E-state index in [2.05, 4.69) is 6.58 Å². The number of rotatable bonds is 6. The van der Waals surface area contributed by atoms with E-state index in [-0.39, 0.29) is 0 Å². The number of nitrogens with one attached hydrogen (secondary N) is 1. The lowest BCUT2D eigenvalue weighted by Crippen LogP contribution is -2.64. The minimum Gasteiger partial charge on any atom is -0.206 e. The van der Waals surface area contributed by atoms with E-state index < -0.39 is 39.8 Å². The third kappa shape index (κ3) is 2.73. The number of hydrogen-bond donors (Lipinski definition) is 1. The molecule has 0 aromatic rings. The van der Waals surface area contributed by atoms with Gasteiger partial charge in [-0.05, 0) is 0 Å². The molecule has 13 heteroatoms. The highest BCUT2D eigenvalue weighted by Gasteiger charge is 2.85. The highest BCUT2D eigenvalue weighted by Crippen LogP contribution is 2.54. The molecule has 0 spiro atoms. The van der Waals surface area contributed by atoms with E-state index in [9.17, 15) is 47.9 Å². The van der Waals surface area contributed by atoms with Gasteiger partial charge < -0.3 is 0 Å². The Morgan fingerprint density at radius 3 is 1.60 bits per heavy atom. The van der Waals surface area contributed by atoms with Gasteiger partial charge in [0.25, 0.3) is 10.0 Å². The number of sulfonamides is 1. The predicted molar refractivity (Wildman–Crippen MR) is 48.0 cm³/mol. The zero-order valence-corrected chi connectivity index (χ0v) is 9.93. The topological polar surface area (TPSA) is 46.2 Å². The molecule has 0 aromatic heterocycles. The summed E-state index contributed by atoms with van der Waals surface area (Å²) in [7, 11) is -6.51. The molecule has 20 heavy (non-hydrogen) atoms. The summed E-state index contributed by atoms with van der Waals surface area (Å²) in [6, 6.07) is 0. The normalized spacial score (nSPS) is 15.2. The summed E-state index contributed by atoms with van der Waals surface area (Å²) in [6.07, 6.45) is -6.50. The minimum atomic E-state index is -7.26. The lowest BCUT2D eigenvalue weighted by atomic mass is 10.1. The van der Waals surface area contributed by atoms with Crippen LogP contribution < -0.4 is 4.72 Å². The van der Waals surface area contributed by atoms with Crippen LogP contribution in [-0.2, 0) is 10.0 Å². The monoisotopic (exact) mass is 339 g/mol. The first-order valence-electron chi connectivity index (χ1n) is 4.36. The average molecular weight is 339 g/mol. The molecule has 0 saturated carbocycles. The summed E-state index contributed by atoms with van der Waals surface area (Å²) in [6.45, 7) is 1.73. The smallest absolute Gasteiger partial charge is 0.206 e. The molecule has 1 N–H and O–H groups in total. The molecule has 0 aliphatic rings. The molecular weight excluding hydrogens is 333 g/mol.